The van der Waals surface area contributed by atoms with Gasteiger partial charge in [0.05, 0.1) is 24.9 Å². The van der Waals surface area contributed by atoms with Gasteiger partial charge < -0.3 is 10.1 Å². The molecule has 21 heavy (non-hydrogen) atoms. The van der Waals surface area contributed by atoms with Crippen molar-refractivity contribution in [2.75, 3.05) is 11.9 Å². The highest BCUT2D eigenvalue weighted by molar-refractivity contribution is 6.07. The number of nitrogens with zero attached hydrogens (tertiary/aromatic N) is 2. The Morgan fingerprint density at radius 1 is 1.43 bits per heavy atom. The van der Waals surface area contributed by atoms with E-state index < -0.39 is 6.04 Å². The van der Waals surface area contributed by atoms with Crippen molar-refractivity contribution in [1.82, 2.24) is 9.88 Å². The van der Waals surface area contributed by atoms with Crippen LogP contribution in [0.15, 0.2) is 18.3 Å². The van der Waals surface area contributed by atoms with Gasteiger partial charge in [0.25, 0.3) is 5.91 Å². The first kappa shape index (κ1) is 15.3. The number of nitrogens with one attached hydrogen (secondary N) is 1. The summed E-state index contributed by atoms with van der Waals surface area (Å²) < 4.78 is 5.26. The number of pyridine rings is 1. The second-order valence-electron chi connectivity index (χ2n) is 5.08. The number of ether oxygens (including phenoxy) is 1. The fraction of sp³-hybridized carbons (Fsp3) is 0.533. The number of carbonyl (C=O) groups is 2. The van der Waals surface area contributed by atoms with Crippen LogP contribution in [0.1, 0.15) is 33.6 Å². The van der Waals surface area contributed by atoms with E-state index in [1.165, 1.54) is 4.90 Å². The molecule has 2 atom stereocenters. The Labute approximate surface area is 124 Å². The zero-order valence-corrected chi connectivity index (χ0v) is 12.6. The number of rotatable bonds is 6. The van der Waals surface area contributed by atoms with E-state index >= 15 is 0 Å². The number of likely N-dealkylation sites (tertiary alicyclic amines) is 1. The average molecular weight is 291 g/mol. The summed E-state index contributed by atoms with van der Waals surface area (Å²) in [6.45, 7) is 6.29. The van der Waals surface area contributed by atoms with E-state index in [1.54, 1.807) is 18.3 Å². The first-order chi connectivity index (χ1) is 10.1. The molecule has 2 rings (SSSR count). The summed E-state index contributed by atoms with van der Waals surface area (Å²) in [6.07, 6.45) is 2.56. The third-order valence-electron chi connectivity index (χ3n) is 3.58. The molecule has 1 saturated heterocycles. The summed E-state index contributed by atoms with van der Waals surface area (Å²) in [4.78, 5) is 29.7. The van der Waals surface area contributed by atoms with Crippen molar-refractivity contribution in [3.63, 3.8) is 0 Å². The van der Waals surface area contributed by atoms with Crippen LogP contribution < -0.4 is 10.1 Å². The molecule has 6 nitrogen and oxygen atoms in total. The molecule has 1 aromatic heterocycles. The molecule has 1 fully saturated rings. The summed E-state index contributed by atoms with van der Waals surface area (Å²) in [5.74, 6) is 0.257. The van der Waals surface area contributed by atoms with Crippen LogP contribution in [0.5, 0.6) is 5.88 Å². The highest BCUT2D eigenvalue weighted by atomic mass is 16.5. The van der Waals surface area contributed by atoms with Crippen molar-refractivity contribution < 1.29 is 14.3 Å². The van der Waals surface area contributed by atoms with Gasteiger partial charge in [-0.05, 0) is 26.3 Å². The molecule has 0 aliphatic carbocycles. The fourth-order valence-corrected chi connectivity index (χ4v) is 2.31. The molecule has 1 aliphatic rings. The second kappa shape index (κ2) is 6.56. The summed E-state index contributed by atoms with van der Waals surface area (Å²) in [6, 6.07) is 2.96. The van der Waals surface area contributed by atoms with Crippen molar-refractivity contribution in [3.8, 4) is 5.88 Å². The minimum absolute atomic E-state index is 0.0599. The highest BCUT2D eigenvalue weighted by Gasteiger charge is 2.40. The smallest absolute Gasteiger partial charge is 0.252 e. The van der Waals surface area contributed by atoms with Crippen LogP contribution in [0.2, 0.25) is 0 Å². The molecule has 1 aliphatic heterocycles. The number of hydrogen-bond donors (Lipinski definition) is 1. The Balaban J connectivity index is 2.03. The first-order valence-electron chi connectivity index (χ1n) is 7.28. The van der Waals surface area contributed by atoms with Crippen LogP contribution in [0.3, 0.4) is 0 Å². The maximum absolute atomic E-state index is 12.3. The second-order valence-corrected chi connectivity index (χ2v) is 5.08. The van der Waals surface area contributed by atoms with Gasteiger partial charge in [-0.3, -0.25) is 14.5 Å². The molecule has 6 heteroatoms. The minimum atomic E-state index is -0.508. The molecule has 1 aromatic rings. The number of anilines is 1. The highest BCUT2D eigenvalue weighted by Crippen LogP contribution is 2.22. The molecule has 114 valence electrons. The summed E-state index contributed by atoms with van der Waals surface area (Å²) >= 11 is 0. The zero-order valence-electron chi connectivity index (χ0n) is 12.6. The monoisotopic (exact) mass is 291 g/mol. The van der Waals surface area contributed by atoms with E-state index in [0.29, 0.717) is 18.2 Å². The predicted octanol–water partition coefficient (Wildman–Crippen LogP) is 1.82. The lowest BCUT2D eigenvalue weighted by molar-refractivity contribution is -0.140. The van der Waals surface area contributed by atoms with E-state index in [-0.39, 0.29) is 24.3 Å². The summed E-state index contributed by atoms with van der Waals surface area (Å²) in [5, 5.41) is 3.07. The number of hydrogen-bond acceptors (Lipinski definition) is 5. The van der Waals surface area contributed by atoms with Crippen LogP contribution in [-0.2, 0) is 9.59 Å². The normalized spacial score (nSPS) is 19.8. The lowest BCUT2D eigenvalue weighted by atomic mass is 10.2. The van der Waals surface area contributed by atoms with Gasteiger partial charge in [0.2, 0.25) is 11.8 Å². The van der Waals surface area contributed by atoms with Gasteiger partial charge >= 0.3 is 0 Å². The van der Waals surface area contributed by atoms with Gasteiger partial charge in [-0.2, -0.15) is 0 Å². The van der Waals surface area contributed by atoms with Gasteiger partial charge in [-0.25, -0.2) is 4.98 Å². The molecule has 0 bridgehead atoms. The van der Waals surface area contributed by atoms with Gasteiger partial charge in [0.15, 0.2) is 0 Å². The molecule has 0 spiro atoms. The van der Waals surface area contributed by atoms with Crippen molar-refractivity contribution in [2.24, 2.45) is 0 Å². The van der Waals surface area contributed by atoms with Crippen LogP contribution in [-0.4, -0.2) is 40.4 Å². The predicted molar refractivity (Wildman–Crippen MR) is 79.0 cm³/mol. The quantitative estimate of drug-likeness (QED) is 0.809. The fourth-order valence-electron chi connectivity index (χ4n) is 2.31. The van der Waals surface area contributed by atoms with Crippen LogP contribution in [0.25, 0.3) is 0 Å². The Morgan fingerprint density at radius 2 is 2.19 bits per heavy atom. The molecular weight excluding hydrogens is 270 g/mol. The van der Waals surface area contributed by atoms with E-state index in [0.717, 1.165) is 6.42 Å². The number of aromatic nitrogens is 1. The van der Waals surface area contributed by atoms with E-state index in [9.17, 15) is 9.59 Å². The Bertz CT molecular complexity index is 515. The van der Waals surface area contributed by atoms with E-state index in [2.05, 4.69) is 10.3 Å². The van der Waals surface area contributed by atoms with Crippen molar-refractivity contribution in [3.05, 3.63) is 18.3 Å². The van der Waals surface area contributed by atoms with E-state index in [1.807, 2.05) is 20.8 Å². The molecule has 1 N–H and O–H groups in total. The van der Waals surface area contributed by atoms with Gasteiger partial charge in [0, 0.05) is 12.1 Å². The molecule has 0 radical (unpaired) electrons. The largest absolute Gasteiger partial charge is 0.478 e. The Hall–Kier alpha value is -2.11. The number of carbonyl (C=O) groups excluding carboxylic acids is 2. The first-order valence-corrected chi connectivity index (χ1v) is 7.28. The standard InChI is InChI=1S/C15H21N3O3/c1-4-10(3)18-14(19)8-12(15(18)20)17-11-6-7-13(16-9-11)21-5-2/h6-7,9-10,12,17H,4-5,8H2,1-3H3. The maximum Gasteiger partial charge on any atom is 0.252 e. The number of amides is 2. The Morgan fingerprint density at radius 3 is 2.76 bits per heavy atom. The minimum Gasteiger partial charge on any atom is -0.478 e. The molecule has 2 heterocycles. The topological polar surface area (TPSA) is 71.5 Å². The summed E-state index contributed by atoms with van der Waals surface area (Å²) in [5.41, 5.74) is 0.704. The summed E-state index contributed by atoms with van der Waals surface area (Å²) in [7, 11) is 0. The molecule has 0 saturated carbocycles. The molecule has 0 aromatic carbocycles. The van der Waals surface area contributed by atoms with Crippen LogP contribution >= 0.6 is 0 Å². The average Bonchev–Trinajstić information content (AvgIpc) is 2.75. The lowest BCUT2D eigenvalue weighted by Gasteiger charge is -2.21. The Kier molecular flexibility index (Phi) is 4.77. The van der Waals surface area contributed by atoms with Gasteiger partial charge in [-0.1, -0.05) is 6.92 Å². The van der Waals surface area contributed by atoms with Gasteiger partial charge in [0.1, 0.15) is 6.04 Å². The molecule has 2 unspecified atom stereocenters. The van der Waals surface area contributed by atoms with Crippen LogP contribution in [0.4, 0.5) is 5.69 Å². The van der Waals surface area contributed by atoms with Gasteiger partial charge in [-0.15, -0.1) is 0 Å². The molecule has 2 amide bonds. The van der Waals surface area contributed by atoms with Crippen molar-refractivity contribution in [2.45, 2.75) is 45.7 Å². The maximum atomic E-state index is 12.3. The van der Waals surface area contributed by atoms with E-state index in [4.69, 9.17) is 4.74 Å². The zero-order chi connectivity index (χ0) is 15.4. The third kappa shape index (κ3) is 3.32. The van der Waals surface area contributed by atoms with Crippen molar-refractivity contribution in [1.29, 1.82) is 0 Å². The SMILES string of the molecule is CCOc1ccc(NC2CC(=O)N(C(C)CC)C2=O)cn1. The van der Waals surface area contributed by atoms with Crippen LogP contribution in [0, 0.1) is 0 Å². The lowest BCUT2D eigenvalue weighted by Crippen LogP contribution is -2.40. The number of imide groups is 1. The molecular formula is C15H21N3O3. The van der Waals surface area contributed by atoms with Crippen molar-refractivity contribution >= 4 is 17.5 Å². The third-order valence-corrected chi connectivity index (χ3v) is 3.58.